The molecule has 23 heavy (non-hydrogen) atoms. The highest BCUT2D eigenvalue weighted by atomic mass is 32.1. The van der Waals surface area contributed by atoms with Crippen LogP contribution in [0.2, 0.25) is 0 Å². The lowest BCUT2D eigenvalue weighted by Crippen LogP contribution is -2.23. The van der Waals surface area contributed by atoms with Crippen LogP contribution in [0, 0.1) is 18.3 Å². The summed E-state index contributed by atoms with van der Waals surface area (Å²) < 4.78 is 0. The second kappa shape index (κ2) is 6.51. The van der Waals surface area contributed by atoms with Crippen LogP contribution in [0.5, 0.6) is 0 Å². The van der Waals surface area contributed by atoms with Crippen molar-refractivity contribution in [3.8, 4) is 6.07 Å². The van der Waals surface area contributed by atoms with Gasteiger partial charge in [-0.25, -0.2) is 0 Å². The van der Waals surface area contributed by atoms with Crippen LogP contribution >= 0.6 is 11.3 Å². The number of nitrogens with zero attached hydrogens (tertiary/aromatic N) is 1. The second-order valence-electron chi connectivity index (χ2n) is 5.14. The molecular weight excluding hydrogens is 306 g/mol. The number of nitrogens with one attached hydrogen (secondary N) is 2. The number of hydrogen-bond donors (Lipinski definition) is 2. The predicted molar refractivity (Wildman–Crippen MR) is 92.8 cm³/mol. The van der Waals surface area contributed by atoms with E-state index in [0.29, 0.717) is 6.54 Å². The van der Waals surface area contributed by atoms with E-state index in [2.05, 4.69) is 10.3 Å². The van der Waals surface area contributed by atoms with Crippen LogP contribution in [0.3, 0.4) is 0 Å². The number of aromatic nitrogens is 1. The number of benzene rings is 1. The van der Waals surface area contributed by atoms with E-state index in [1.165, 1.54) is 0 Å². The van der Waals surface area contributed by atoms with Crippen LogP contribution in [0.1, 0.15) is 16.1 Å². The number of rotatable bonds is 4. The number of H-pyrrole nitrogens is 1. The van der Waals surface area contributed by atoms with Crippen molar-refractivity contribution in [2.45, 2.75) is 13.5 Å². The molecule has 0 saturated heterocycles. The van der Waals surface area contributed by atoms with Gasteiger partial charge in [0.1, 0.15) is 11.6 Å². The van der Waals surface area contributed by atoms with Gasteiger partial charge in [-0.2, -0.15) is 5.26 Å². The first kappa shape index (κ1) is 15.1. The Labute approximate surface area is 138 Å². The highest BCUT2D eigenvalue weighted by Crippen LogP contribution is 2.24. The quantitative estimate of drug-likeness (QED) is 0.567. The summed E-state index contributed by atoms with van der Waals surface area (Å²) in [7, 11) is 0. The average molecular weight is 321 g/mol. The second-order valence-corrected chi connectivity index (χ2v) is 6.17. The Hall–Kier alpha value is -2.84. The highest BCUT2D eigenvalue weighted by molar-refractivity contribution is 7.09. The van der Waals surface area contributed by atoms with E-state index < -0.39 is 0 Å². The molecule has 0 fully saturated rings. The maximum absolute atomic E-state index is 12.2. The van der Waals surface area contributed by atoms with Crippen molar-refractivity contribution in [1.82, 2.24) is 10.3 Å². The summed E-state index contributed by atoms with van der Waals surface area (Å²) in [5, 5.41) is 15.1. The minimum atomic E-state index is -0.356. The minimum Gasteiger partial charge on any atom is -0.358 e. The zero-order valence-corrected chi connectivity index (χ0v) is 13.4. The monoisotopic (exact) mass is 321 g/mol. The first-order chi connectivity index (χ1) is 11.2. The number of aryl methyl sites for hydroxylation is 1. The van der Waals surface area contributed by atoms with Crippen molar-refractivity contribution in [2.75, 3.05) is 0 Å². The van der Waals surface area contributed by atoms with Gasteiger partial charge in [-0.1, -0.05) is 24.3 Å². The summed E-state index contributed by atoms with van der Waals surface area (Å²) in [6.45, 7) is 2.37. The Kier molecular flexibility index (Phi) is 4.26. The summed E-state index contributed by atoms with van der Waals surface area (Å²) in [6.07, 6.45) is 1.65. The van der Waals surface area contributed by atoms with Crippen molar-refractivity contribution in [3.63, 3.8) is 0 Å². The topological polar surface area (TPSA) is 68.7 Å². The van der Waals surface area contributed by atoms with Crippen molar-refractivity contribution in [1.29, 1.82) is 5.26 Å². The molecule has 4 nitrogen and oxygen atoms in total. The Morgan fingerprint density at radius 3 is 2.91 bits per heavy atom. The lowest BCUT2D eigenvalue weighted by atomic mass is 10.1. The smallest absolute Gasteiger partial charge is 0.262 e. The third-order valence-electron chi connectivity index (χ3n) is 3.60. The van der Waals surface area contributed by atoms with E-state index >= 15 is 0 Å². The van der Waals surface area contributed by atoms with Crippen molar-refractivity contribution < 1.29 is 4.79 Å². The van der Waals surface area contributed by atoms with Gasteiger partial charge in [-0.15, -0.1) is 11.3 Å². The molecule has 1 amide bonds. The Bertz CT molecular complexity index is 914. The van der Waals surface area contributed by atoms with Gasteiger partial charge in [0, 0.05) is 27.0 Å². The third-order valence-corrected chi connectivity index (χ3v) is 4.48. The molecule has 2 N–H and O–H groups in total. The standard InChI is InChI=1S/C18H15N3OS/c1-12-16(15-6-2-3-7-17(15)21-12)9-13(10-19)18(22)20-11-14-5-4-8-23-14/h2-9,21H,11H2,1H3,(H,20,22)/b13-9-. The van der Waals surface area contributed by atoms with E-state index in [0.717, 1.165) is 27.0 Å². The molecular formula is C18H15N3OS. The molecule has 114 valence electrons. The number of aromatic amines is 1. The summed E-state index contributed by atoms with van der Waals surface area (Å²) >= 11 is 1.57. The molecule has 0 atom stereocenters. The Balaban J connectivity index is 1.87. The summed E-state index contributed by atoms with van der Waals surface area (Å²) in [5.74, 6) is -0.356. The molecule has 0 unspecified atom stereocenters. The molecule has 3 aromatic rings. The minimum absolute atomic E-state index is 0.106. The molecule has 0 aliphatic heterocycles. The molecule has 5 heteroatoms. The fraction of sp³-hybridized carbons (Fsp3) is 0.111. The number of amides is 1. The van der Waals surface area contributed by atoms with Gasteiger partial charge >= 0.3 is 0 Å². The van der Waals surface area contributed by atoms with Gasteiger partial charge in [0.2, 0.25) is 0 Å². The third kappa shape index (κ3) is 3.17. The van der Waals surface area contributed by atoms with Crippen LogP contribution in [0.25, 0.3) is 17.0 Å². The zero-order chi connectivity index (χ0) is 16.2. The number of carbonyl (C=O) groups excluding carboxylic acids is 1. The SMILES string of the molecule is Cc1[nH]c2ccccc2c1/C=C(/C#N)C(=O)NCc1cccs1. The number of thiophene rings is 1. The van der Waals surface area contributed by atoms with E-state index in [1.807, 2.05) is 54.8 Å². The van der Waals surface area contributed by atoms with E-state index in [1.54, 1.807) is 17.4 Å². The van der Waals surface area contributed by atoms with Crippen LogP contribution < -0.4 is 5.32 Å². The molecule has 0 saturated carbocycles. The van der Waals surface area contributed by atoms with Crippen LogP contribution in [-0.2, 0) is 11.3 Å². The fourth-order valence-corrected chi connectivity index (χ4v) is 3.10. The fourth-order valence-electron chi connectivity index (χ4n) is 2.45. The number of carbonyl (C=O) groups is 1. The Morgan fingerprint density at radius 2 is 2.17 bits per heavy atom. The maximum atomic E-state index is 12.2. The van der Waals surface area contributed by atoms with Gasteiger partial charge in [0.05, 0.1) is 6.54 Å². The van der Waals surface area contributed by atoms with Gasteiger partial charge < -0.3 is 10.3 Å². The lowest BCUT2D eigenvalue weighted by molar-refractivity contribution is -0.117. The molecule has 0 aliphatic rings. The molecule has 3 rings (SSSR count). The Morgan fingerprint density at radius 1 is 1.35 bits per heavy atom. The number of nitriles is 1. The molecule has 2 heterocycles. The summed E-state index contributed by atoms with van der Waals surface area (Å²) in [6, 6.07) is 13.7. The maximum Gasteiger partial charge on any atom is 0.262 e. The number of fused-ring (bicyclic) bond motifs is 1. The normalized spacial score (nSPS) is 11.4. The van der Waals surface area contributed by atoms with Crippen LogP contribution in [0.15, 0.2) is 47.4 Å². The average Bonchev–Trinajstić information content (AvgIpc) is 3.18. The van der Waals surface area contributed by atoms with Gasteiger partial charge in [0.25, 0.3) is 5.91 Å². The van der Waals surface area contributed by atoms with Gasteiger partial charge in [-0.05, 0) is 30.5 Å². The van der Waals surface area contributed by atoms with Crippen molar-refractivity contribution in [2.24, 2.45) is 0 Å². The first-order valence-electron chi connectivity index (χ1n) is 7.18. The van der Waals surface area contributed by atoms with Crippen LogP contribution in [-0.4, -0.2) is 10.9 Å². The molecule has 2 aromatic heterocycles. The molecule has 1 aromatic carbocycles. The first-order valence-corrected chi connectivity index (χ1v) is 8.06. The highest BCUT2D eigenvalue weighted by Gasteiger charge is 2.12. The largest absolute Gasteiger partial charge is 0.358 e. The number of para-hydroxylation sites is 1. The molecule has 0 radical (unpaired) electrons. The van der Waals surface area contributed by atoms with Crippen molar-refractivity contribution in [3.05, 3.63) is 63.5 Å². The molecule has 0 bridgehead atoms. The summed E-state index contributed by atoms with van der Waals surface area (Å²) in [5.41, 5.74) is 2.91. The summed E-state index contributed by atoms with van der Waals surface area (Å²) in [4.78, 5) is 16.6. The van der Waals surface area contributed by atoms with E-state index in [9.17, 15) is 10.1 Å². The molecule has 0 aliphatic carbocycles. The van der Waals surface area contributed by atoms with Crippen molar-refractivity contribution >= 4 is 34.2 Å². The zero-order valence-electron chi connectivity index (χ0n) is 12.6. The van der Waals surface area contributed by atoms with E-state index in [-0.39, 0.29) is 11.5 Å². The van der Waals surface area contributed by atoms with Gasteiger partial charge in [0.15, 0.2) is 0 Å². The predicted octanol–water partition coefficient (Wildman–Crippen LogP) is 3.76. The lowest BCUT2D eigenvalue weighted by Gasteiger charge is -2.02. The van der Waals surface area contributed by atoms with E-state index in [4.69, 9.17) is 0 Å². The number of hydrogen-bond acceptors (Lipinski definition) is 3. The molecule has 0 spiro atoms. The van der Waals surface area contributed by atoms with Crippen LogP contribution in [0.4, 0.5) is 0 Å². The van der Waals surface area contributed by atoms with Gasteiger partial charge in [-0.3, -0.25) is 4.79 Å².